The lowest BCUT2D eigenvalue weighted by atomic mass is 9.78. The fourth-order valence-electron chi connectivity index (χ4n) is 2.90. The number of aromatic nitrogens is 2. The summed E-state index contributed by atoms with van der Waals surface area (Å²) in [5.74, 6) is 2.00. The molecule has 0 radical (unpaired) electrons. The molecule has 19 heavy (non-hydrogen) atoms. The van der Waals surface area contributed by atoms with E-state index in [2.05, 4.69) is 22.4 Å². The maximum Gasteiger partial charge on any atom is 0.243 e. The first-order chi connectivity index (χ1) is 9.11. The third-order valence-corrected chi connectivity index (χ3v) is 4.03. The van der Waals surface area contributed by atoms with Crippen LogP contribution in [0.5, 0.6) is 0 Å². The average Bonchev–Trinajstić information content (AvgIpc) is 2.88. The van der Waals surface area contributed by atoms with Crippen LogP contribution >= 0.6 is 0 Å². The van der Waals surface area contributed by atoms with Crippen molar-refractivity contribution >= 4 is 0 Å². The molecule has 0 amide bonds. The first kappa shape index (κ1) is 14.5. The normalized spacial score (nSPS) is 29.4. The molecule has 1 aliphatic rings. The van der Waals surface area contributed by atoms with Gasteiger partial charge in [0.05, 0.1) is 6.04 Å². The molecule has 1 aliphatic carbocycles. The van der Waals surface area contributed by atoms with E-state index < -0.39 is 0 Å². The highest BCUT2D eigenvalue weighted by Crippen LogP contribution is 2.41. The Morgan fingerprint density at radius 3 is 3.00 bits per heavy atom. The van der Waals surface area contributed by atoms with Crippen LogP contribution in [-0.2, 0) is 10.3 Å². The van der Waals surface area contributed by atoms with Crippen LogP contribution in [-0.4, -0.2) is 23.8 Å². The second-order valence-corrected chi connectivity index (χ2v) is 5.60. The molecule has 1 fully saturated rings. The smallest absolute Gasteiger partial charge is 0.243 e. The van der Waals surface area contributed by atoms with Gasteiger partial charge in [-0.1, -0.05) is 18.5 Å². The van der Waals surface area contributed by atoms with Gasteiger partial charge in [-0.15, -0.1) is 0 Å². The molecule has 0 aliphatic heterocycles. The summed E-state index contributed by atoms with van der Waals surface area (Å²) in [7, 11) is 1.88. The topological polar surface area (TPSA) is 60.2 Å². The van der Waals surface area contributed by atoms with Crippen LogP contribution in [0, 0.1) is 5.92 Å². The first-order valence-corrected chi connectivity index (χ1v) is 7.26. The summed E-state index contributed by atoms with van der Waals surface area (Å²) in [5, 5.41) is 7.30. The van der Waals surface area contributed by atoms with Crippen LogP contribution in [0.4, 0.5) is 0 Å². The molecule has 108 valence electrons. The molecular weight excluding hydrogens is 242 g/mol. The summed E-state index contributed by atoms with van der Waals surface area (Å²) in [6.07, 6.45) is 4.38. The molecule has 0 saturated heterocycles. The Kier molecular flexibility index (Phi) is 4.58. The second-order valence-electron chi connectivity index (χ2n) is 5.60. The molecule has 0 bridgehead atoms. The lowest BCUT2D eigenvalue weighted by Gasteiger charge is -2.37. The van der Waals surface area contributed by atoms with Crippen LogP contribution in [0.25, 0.3) is 0 Å². The van der Waals surface area contributed by atoms with Gasteiger partial charge in [-0.05, 0) is 46.1 Å². The van der Waals surface area contributed by atoms with Crippen molar-refractivity contribution in [1.29, 1.82) is 0 Å². The maximum atomic E-state index is 6.05. The van der Waals surface area contributed by atoms with Gasteiger partial charge < -0.3 is 14.6 Å². The van der Waals surface area contributed by atoms with Crippen molar-refractivity contribution in [1.82, 2.24) is 15.5 Å². The van der Waals surface area contributed by atoms with Crippen molar-refractivity contribution in [3.8, 4) is 0 Å². The minimum absolute atomic E-state index is 0.0703. The Hall–Kier alpha value is -0.940. The zero-order valence-corrected chi connectivity index (χ0v) is 12.4. The summed E-state index contributed by atoms with van der Waals surface area (Å²) in [4.78, 5) is 4.56. The molecule has 0 spiro atoms. The number of ether oxygens (including phenoxy) is 1. The van der Waals surface area contributed by atoms with Crippen molar-refractivity contribution in [2.45, 2.75) is 58.1 Å². The van der Waals surface area contributed by atoms with Crippen molar-refractivity contribution < 1.29 is 9.26 Å². The Bertz CT molecular complexity index is 403. The van der Waals surface area contributed by atoms with E-state index in [4.69, 9.17) is 9.26 Å². The molecule has 1 saturated carbocycles. The van der Waals surface area contributed by atoms with Crippen LogP contribution in [0.3, 0.4) is 0 Å². The van der Waals surface area contributed by atoms with Crippen molar-refractivity contribution in [2.75, 3.05) is 13.7 Å². The predicted octanol–water partition coefficient (Wildman–Crippen LogP) is 2.79. The van der Waals surface area contributed by atoms with E-state index >= 15 is 0 Å². The minimum atomic E-state index is -0.346. The highest BCUT2D eigenvalue weighted by Gasteiger charge is 2.41. The zero-order valence-electron chi connectivity index (χ0n) is 12.4. The van der Waals surface area contributed by atoms with Gasteiger partial charge in [0, 0.05) is 6.61 Å². The van der Waals surface area contributed by atoms with Gasteiger partial charge in [-0.3, -0.25) is 0 Å². The largest absolute Gasteiger partial charge is 0.367 e. The molecule has 1 heterocycles. The predicted molar refractivity (Wildman–Crippen MR) is 72.7 cm³/mol. The average molecular weight is 267 g/mol. The number of nitrogens with one attached hydrogen (secondary N) is 1. The Morgan fingerprint density at radius 2 is 2.37 bits per heavy atom. The Morgan fingerprint density at radius 1 is 1.58 bits per heavy atom. The molecular formula is C14H25N3O2. The van der Waals surface area contributed by atoms with Crippen molar-refractivity contribution in [3.63, 3.8) is 0 Å². The molecule has 3 unspecified atom stereocenters. The quantitative estimate of drug-likeness (QED) is 0.889. The van der Waals surface area contributed by atoms with E-state index in [9.17, 15) is 0 Å². The fourth-order valence-corrected chi connectivity index (χ4v) is 2.90. The van der Waals surface area contributed by atoms with Crippen molar-refractivity contribution in [3.05, 3.63) is 11.7 Å². The highest BCUT2D eigenvalue weighted by molar-refractivity contribution is 5.05. The minimum Gasteiger partial charge on any atom is -0.367 e. The van der Waals surface area contributed by atoms with E-state index in [0.29, 0.717) is 18.4 Å². The van der Waals surface area contributed by atoms with Crippen LogP contribution < -0.4 is 5.32 Å². The fraction of sp³-hybridized carbons (Fsp3) is 0.857. The van der Waals surface area contributed by atoms with Crippen LogP contribution in [0.1, 0.15) is 64.2 Å². The Labute approximate surface area is 115 Å². The van der Waals surface area contributed by atoms with Crippen LogP contribution in [0.2, 0.25) is 0 Å². The van der Waals surface area contributed by atoms with E-state index in [1.165, 1.54) is 6.42 Å². The first-order valence-electron chi connectivity index (χ1n) is 7.26. The van der Waals surface area contributed by atoms with Gasteiger partial charge >= 0.3 is 0 Å². The number of nitrogens with zero attached hydrogens (tertiary/aromatic N) is 2. The highest BCUT2D eigenvalue weighted by atomic mass is 16.5. The van der Waals surface area contributed by atoms with Crippen molar-refractivity contribution in [2.24, 2.45) is 5.92 Å². The van der Waals surface area contributed by atoms with E-state index in [-0.39, 0.29) is 11.6 Å². The van der Waals surface area contributed by atoms with Gasteiger partial charge in [-0.2, -0.15) is 4.98 Å². The Balaban J connectivity index is 2.25. The summed E-state index contributed by atoms with van der Waals surface area (Å²) in [6.45, 7) is 6.98. The molecule has 5 nitrogen and oxygen atoms in total. The van der Waals surface area contributed by atoms with Gasteiger partial charge in [0.15, 0.2) is 0 Å². The van der Waals surface area contributed by atoms with Gasteiger partial charge in [-0.25, -0.2) is 0 Å². The van der Waals surface area contributed by atoms with Gasteiger partial charge in [0.2, 0.25) is 11.7 Å². The number of rotatable bonds is 5. The summed E-state index contributed by atoms with van der Waals surface area (Å²) < 4.78 is 11.4. The molecule has 2 rings (SSSR count). The summed E-state index contributed by atoms with van der Waals surface area (Å²) in [6, 6.07) is 0.0703. The zero-order chi connectivity index (χ0) is 13.9. The molecule has 3 atom stereocenters. The lowest BCUT2D eigenvalue weighted by molar-refractivity contribution is -0.0891. The standard InChI is InChI=1S/C14H25N3O2/c1-5-18-14(8-6-7-10(2)9-14)13-16-12(19-17-13)11(3)15-4/h10-11,15H,5-9H2,1-4H3. The summed E-state index contributed by atoms with van der Waals surface area (Å²) >= 11 is 0. The van der Waals surface area contributed by atoms with E-state index in [1.54, 1.807) is 0 Å². The van der Waals surface area contributed by atoms with Gasteiger partial charge in [0.1, 0.15) is 5.60 Å². The third-order valence-electron chi connectivity index (χ3n) is 4.03. The lowest BCUT2D eigenvalue weighted by Crippen LogP contribution is -2.36. The third kappa shape index (κ3) is 2.98. The number of hydrogen-bond acceptors (Lipinski definition) is 5. The van der Waals surface area contributed by atoms with E-state index in [0.717, 1.165) is 25.1 Å². The molecule has 1 N–H and O–H groups in total. The summed E-state index contributed by atoms with van der Waals surface area (Å²) in [5.41, 5.74) is -0.346. The SMILES string of the molecule is CCOC1(c2noc(C(C)NC)n2)CCCC(C)C1. The van der Waals surface area contributed by atoms with Gasteiger partial charge in [0.25, 0.3) is 0 Å². The molecule has 1 aromatic heterocycles. The maximum absolute atomic E-state index is 6.05. The monoisotopic (exact) mass is 267 g/mol. The number of hydrogen-bond donors (Lipinski definition) is 1. The molecule has 1 aromatic rings. The second kappa shape index (κ2) is 6.01. The van der Waals surface area contributed by atoms with E-state index in [1.807, 2.05) is 20.9 Å². The molecule has 0 aromatic carbocycles. The van der Waals surface area contributed by atoms with Crippen LogP contribution in [0.15, 0.2) is 4.52 Å². The molecule has 5 heteroatoms.